The molecule has 1 atom stereocenters. The Morgan fingerprint density at radius 2 is 2.43 bits per heavy atom. The third kappa shape index (κ3) is 1.40. The van der Waals surface area contributed by atoms with Crippen LogP contribution in [0.4, 0.5) is 0 Å². The highest BCUT2D eigenvalue weighted by Crippen LogP contribution is 2.21. The summed E-state index contributed by atoms with van der Waals surface area (Å²) < 4.78 is 0.644. The van der Waals surface area contributed by atoms with Crippen LogP contribution in [0.5, 0.6) is 0 Å². The van der Waals surface area contributed by atoms with Crippen LogP contribution >= 0.6 is 22.6 Å². The first-order valence-electron chi connectivity index (χ1n) is 2.45. The molecule has 1 saturated carbocycles. The molecule has 0 radical (unpaired) electrons. The molecule has 1 aliphatic carbocycles. The SMILES string of the molecule is O=C1CC[C@@H](I)C1. The number of rotatable bonds is 0. The van der Waals surface area contributed by atoms with Gasteiger partial charge >= 0.3 is 0 Å². The van der Waals surface area contributed by atoms with Crippen LogP contribution < -0.4 is 0 Å². The summed E-state index contributed by atoms with van der Waals surface area (Å²) >= 11 is 2.33. The highest BCUT2D eigenvalue weighted by atomic mass is 127. The number of hydrogen-bond acceptors (Lipinski definition) is 1. The second-order valence-electron chi connectivity index (χ2n) is 1.88. The zero-order valence-corrected chi connectivity index (χ0v) is 6.14. The van der Waals surface area contributed by atoms with Gasteiger partial charge in [-0.3, -0.25) is 4.79 Å². The van der Waals surface area contributed by atoms with Gasteiger partial charge in [-0.15, -0.1) is 0 Å². The maximum atomic E-state index is 10.4. The first-order valence-corrected chi connectivity index (χ1v) is 3.69. The van der Waals surface area contributed by atoms with Crippen molar-refractivity contribution in [1.82, 2.24) is 0 Å². The number of hydrogen-bond donors (Lipinski definition) is 0. The first kappa shape index (κ1) is 5.54. The minimum Gasteiger partial charge on any atom is -0.300 e. The average molecular weight is 210 g/mol. The Morgan fingerprint density at radius 1 is 1.71 bits per heavy atom. The van der Waals surface area contributed by atoms with Crippen molar-refractivity contribution in [3.05, 3.63) is 0 Å². The van der Waals surface area contributed by atoms with Crippen LogP contribution in [0.25, 0.3) is 0 Å². The molecule has 0 amide bonds. The summed E-state index contributed by atoms with van der Waals surface area (Å²) in [4.78, 5) is 10.4. The van der Waals surface area contributed by atoms with Gasteiger partial charge < -0.3 is 0 Å². The predicted molar refractivity (Wildman–Crippen MR) is 36.7 cm³/mol. The Hall–Kier alpha value is 0.400. The van der Waals surface area contributed by atoms with Crippen molar-refractivity contribution in [3.8, 4) is 0 Å². The summed E-state index contributed by atoms with van der Waals surface area (Å²) in [6.07, 6.45) is 2.76. The fourth-order valence-electron chi connectivity index (χ4n) is 0.769. The lowest BCUT2D eigenvalue weighted by Gasteiger charge is -1.87. The number of carbonyl (C=O) groups is 1. The number of carbonyl (C=O) groups excluding carboxylic acids is 1. The second kappa shape index (κ2) is 2.11. The molecule has 40 valence electrons. The molecular weight excluding hydrogens is 203 g/mol. The van der Waals surface area contributed by atoms with E-state index >= 15 is 0 Å². The van der Waals surface area contributed by atoms with Crippen LogP contribution in [0.3, 0.4) is 0 Å². The minimum absolute atomic E-state index is 0.444. The van der Waals surface area contributed by atoms with Gasteiger partial charge in [0.2, 0.25) is 0 Å². The summed E-state index contributed by atoms with van der Waals surface area (Å²) in [5.41, 5.74) is 0. The van der Waals surface area contributed by atoms with Crippen molar-refractivity contribution < 1.29 is 4.79 Å². The molecule has 1 rings (SSSR count). The third-order valence-corrected chi connectivity index (χ3v) is 2.25. The van der Waals surface area contributed by atoms with E-state index in [-0.39, 0.29) is 0 Å². The molecule has 1 aliphatic rings. The topological polar surface area (TPSA) is 17.1 Å². The lowest BCUT2D eigenvalue weighted by Crippen LogP contribution is -1.88. The normalized spacial score (nSPS) is 31.6. The van der Waals surface area contributed by atoms with Gasteiger partial charge in [0.15, 0.2) is 0 Å². The van der Waals surface area contributed by atoms with Gasteiger partial charge in [-0.05, 0) is 6.42 Å². The summed E-state index contributed by atoms with van der Waals surface area (Å²) in [6.45, 7) is 0. The van der Waals surface area contributed by atoms with Gasteiger partial charge in [0.05, 0.1) is 0 Å². The van der Waals surface area contributed by atoms with E-state index in [2.05, 4.69) is 22.6 Å². The molecule has 0 aromatic rings. The first-order chi connectivity index (χ1) is 3.29. The molecule has 1 fully saturated rings. The zero-order valence-electron chi connectivity index (χ0n) is 3.98. The molecular formula is C5H7IO. The highest BCUT2D eigenvalue weighted by Gasteiger charge is 2.18. The fraction of sp³-hybridized carbons (Fsp3) is 0.800. The van der Waals surface area contributed by atoms with Gasteiger partial charge in [-0.1, -0.05) is 22.6 Å². The third-order valence-electron chi connectivity index (χ3n) is 1.19. The highest BCUT2D eigenvalue weighted by molar-refractivity contribution is 14.1. The molecule has 0 aliphatic heterocycles. The van der Waals surface area contributed by atoms with Gasteiger partial charge in [-0.2, -0.15) is 0 Å². The maximum Gasteiger partial charge on any atom is 0.133 e. The van der Waals surface area contributed by atoms with E-state index in [0.717, 1.165) is 19.3 Å². The van der Waals surface area contributed by atoms with E-state index in [9.17, 15) is 4.79 Å². The summed E-state index contributed by atoms with van der Waals surface area (Å²) in [6, 6.07) is 0. The van der Waals surface area contributed by atoms with Gasteiger partial charge in [0.1, 0.15) is 5.78 Å². The molecule has 0 N–H and O–H groups in total. The Kier molecular flexibility index (Phi) is 1.67. The van der Waals surface area contributed by atoms with E-state index in [1.165, 1.54) is 0 Å². The molecule has 0 unspecified atom stereocenters. The van der Waals surface area contributed by atoms with Crippen molar-refractivity contribution in [3.63, 3.8) is 0 Å². The van der Waals surface area contributed by atoms with Crippen molar-refractivity contribution in [1.29, 1.82) is 0 Å². The van der Waals surface area contributed by atoms with Crippen molar-refractivity contribution in [2.24, 2.45) is 0 Å². The number of Topliss-reactive ketones (excluding diaryl/α,β-unsaturated/α-hetero) is 1. The lowest BCUT2D eigenvalue weighted by atomic mass is 10.4. The molecule has 0 spiro atoms. The Bertz CT molecular complexity index is 90.1. The summed E-state index contributed by atoms with van der Waals surface area (Å²) in [5.74, 6) is 0.444. The molecule has 0 aromatic heterocycles. The molecule has 0 bridgehead atoms. The van der Waals surface area contributed by atoms with Gasteiger partial charge in [0, 0.05) is 16.8 Å². The largest absolute Gasteiger partial charge is 0.300 e. The smallest absolute Gasteiger partial charge is 0.133 e. The average Bonchev–Trinajstić information content (AvgIpc) is 1.87. The monoisotopic (exact) mass is 210 g/mol. The predicted octanol–water partition coefficient (Wildman–Crippen LogP) is 1.54. The van der Waals surface area contributed by atoms with Crippen molar-refractivity contribution >= 4 is 28.4 Å². The molecule has 0 aromatic carbocycles. The molecule has 2 heteroatoms. The Balaban J connectivity index is 2.40. The molecule has 1 nitrogen and oxygen atoms in total. The fourth-order valence-corrected chi connectivity index (χ4v) is 1.57. The van der Waals surface area contributed by atoms with E-state index in [0.29, 0.717) is 9.71 Å². The van der Waals surface area contributed by atoms with Crippen molar-refractivity contribution in [2.45, 2.75) is 23.2 Å². The minimum atomic E-state index is 0.444. The van der Waals surface area contributed by atoms with Crippen LogP contribution in [-0.4, -0.2) is 9.71 Å². The molecule has 7 heavy (non-hydrogen) atoms. The van der Waals surface area contributed by atoms with Crippen LogP contribution in [-0.2, 0) is 4.79 Å². The van der Waals surface area contributed by atoms with E-state index in [1.807, 2.05) is 0 Å². The van der Waals surface area contributed by atoms with E-state index in [4.69, 9.17) is 0 Å². The van der Waals surface area contributed by atoms with Crippen LogP contribution in [0, 0.1) is 0 Å². The number of ketones is 1. The number of alkyl halides is 1. The van der Waals surface area contributed by atoms with Crippen LogP contribution in [0.1, 0.15) is 19.3 Å². The quantitative estimate of drug-likeness (QED) is 0.437. The Morgan fingerprint density at radius 3 is 2.57 bits per heavy atom. The van der Waals surface area contributed by atoms with Crippen molar-refractivity contribution in [2.75, 3.05) is 0 Å². The summed E-state index contributed by atoms with van der Waals surface area (Å²) in [5, 5.41) is 0. The summed E-state index contributed by atoms with van der Waals surface area (Å²) in [7, 11) is 0. The van der Waals surface area contributed by atoms with Crippen LogP contribution in [0.15, 0.2) is 0 Å². The van der Waals surface area contributed by atoms with Gasteiger partial charge in [-0.25, -0.2) is 0 Å². The van der Waals surface area contributed by atoms with Gasteiger partial charge in [0.25, 0.3) is 0 Å². The van der Waals surface area contributed by atoms with E-state index < -0.39 is 0 Å². The standard InChI is InChI=1S/C5H7IO/c6-4-1-2-5(7)3-4/h4H,1-3H2/t4-/m1/s1. The maximum absolute atomic E-state index is 10.4. The molecule has 0 saturated heterocycles. The van der Waals surface area contributed by atoms with E-state index in [1.54, 1.807) is 0 Å². The zero-order chi connectivity index (χ0) is 5.28. The van der Waals surface area contributed by atoms with Crippen LogP contribution in [0.2, 0.25) is 0 Å². The Labute approximate surface area is 56.6 Å². The second-order valence-corrected chi connectivity index (χ2v) is 3.64. The lowest BCUT2D eigenvalue weighted by molar-refractivity contribution is -0.117. The number of halogens is 1. The molecule has 0 heterocycles.